The summed E-state index contributed by atoms with van der Waals surface area (Å²) >= 11 is 0. The maximum atomic E-state index is 12.3. The van der Waals surface area contributed by atoms with Crippen molar-refractivity contribution in [1.29, 1.82) is 0 Å². The Balaban J connectivity index is 2.83. The SMILES string of the molecule is COc1ccc(NC(=O)C(C)CCN)cc1OC(F)F. The van der Waals surface area contributed by atoms with Crippen molar-refractivity contribution >= 4 is 11.6 Å². The molecule has 1 atom stereocenters. The first-order chi connectivity index (χ1) is 9.47. The van der Waals surface area contributed by atoms with Gasteiger partial charge in [0.25, 0.3) is 0 Å². The van der Waals surface area contributed by atoms with Crippen LogP contribution in [-0.4, -0.2) is 26.2 Å². The van der Waals surface area contributed by atoms with Crippen LogP contribution in [0.15, 0.2) is 18.2 Å². The molecule has 3 N–H and O–H groups in total. The monoisotopic (exact) mass is 288 g/mol. The second-order valence-corrected chi connectivity index (χ2v) is 4.21. The summed E-state index contributed by atoms with van der Waals surface area (Å²) in [6, 6.07) is 4.28. The molecule has 0 aliphatic rings. The molecule has 1 aromatic carbocycles. The maximum Gasteiger partial charge on any atom is 0.387 e. The van der Waals surface area contributed by atoms with Crippen LogP contribution in [0, 0.1) is 5.92 Å². The molecule has 7 heteroatoms. The molecule has 5 nitrogen and oxygen atoms in total. The Morgan fingerprint density at radius 1 is 1.40 bits per heavy atom. The zero-order chi connectivity index (χ0) is 15.1. The molecule has 1 amide bonds. The van der Waals surface area contributed by atoms with Crippen LogP contribution in [0.3, 0.4) is 0 Å². The lowest BCUT2D eigenvalue weighted by molar-refractivity contribution is -0.119. The number of anilines is 1. The van der Waals surface area contributed by atoms with Crippen molar-refractivity contribution in [3.8, 4) is 11.5 Å². The summed E-state index contributed by atoms with van der Waals surface area (Å²) in [5.41, 5.74) is 5.73. The highest BCUT2D eigenvalue weighted by molar-refractivity contribution is 5.92. The average Bonchev–Trinajstić information content (AvgIpc) is 2.38. The summed E-state index contributed by atoms with van der Waals surface area (Å²) in [5, 5.41) is 2.62. The van der Waals surface area contributed by atoms with Gasteiger partial charge in [0.2, 0.25) is 5.91 Å². The molecule has 1 aromatic rings. The van der Waals surface area contributed by atoms with Gasteiger partial charge in [-0.25, -0.2) is 0 Å². The molecule has 0 aromatic heterocycles. The van der Waals surface area contributed by atoms with Crippen molar-refractivity contribution in [2.24, 2.45) is 11.7 Å². The molecule has 0 spiro atoms. The van der Waals surface area contributed by atoms with Crippen LogP contribution in [0.1, 0.15) is 13.3 Å². The van der Waals surface area contributed by atoms with E-state index < -0.39 is 6.61 Å². The Bertz CT molecular complexity index is 455. The summed E-state index contributed by atoms with van der Waals surface area (Å²) in [4.78, 5) is 11.8. The van der Waals surface area contributed by atoms with Gasteiger partial charge in [0.05, 0.1) is 7.11 Å². The largest absolute Gasteiger partial charge is 0.493 e. The quantitative estimate of drug-likeness (QED) is 0.807. The third-order valence-corrected chi connectivity index (χ3v) is 2.69. The molecule has 20 heavy (non-hydrogen) atoms. The van der Waals surface area contributed by atoms with E-state index in [0.29, 0.717) is 18.7 Å². The minimum atomic E-state index is -2.97. The van der Waals surface area contributed by atoms with Crippen LogP contribution in [0.4, 0.5) is 14.5 Å². The Labute approximate surface area is 116 Å². The van der Waals surface area contributed by atoms with E-state index in [1.54, 1.807) is 13.0 Å². The molecular weight excluding hydrogens is 270 g/mol. The molecule has 0 fully saturated rings. The first-order valence-electron chi connectivity index (χ1n) is 6.11. The fraction of sp³-hybridized carbons (Fsp3) is 0.462. The van der Waals surface area contributed by atoms with Gasteiger partial charge in [-0.05, 0) is 25.1 Å². The molecule has 1 rings (SSSR count). The van der Waals surface area contributed by atoms with Crippen LogP contribution >= 0.6 is 0 Å². The van der Waals surface area contributed by atoms with Gasteiger partial charge in [-0.15, -0.1) is 0 Å². The first kappa shape index (κ1) is 16.2. The summed E-state index contributed by atoms with van der Waals surface area (Å²) in [6.07, 6.45) is 0.544. The van der Waals surface area contributed by atoms with E-state index in [0.717, 1.165) is 0 Å². The topological polar surface area (TPSA) is 73.6 Å². The number of hydrogen-bond acceptors (Lipinski definition) is 4. The van der Waals surface area contributed by atoms with E-state index in [1.807, 2.05) is 0 Å². The number of methoxy groups -OCH3 is 1. The summed E-state index contributed by atoms with van der Waals surface area (Å²) in [5.74, 6) is -0.463. The molecule has 0 radical (unpaired) electrons. The Morgan fingerprint density at radius 3 is 2.65 bits per heavy atom. The van der Waals surface area contributed by atoms with Crippen LogP contribution in [0.25, 0.3) is 0 Å². The third kappa shape index (κ3) is 4.65. The molecule has 0 aliphatic heterocycles. The van der Waals surface area contributed by atoms with E-state index >= 15 is 0 Å². The van der Waals surface area contributed by atoms with Crippen molar-refractivity contribution < 1.29 is 23.0 Å². The molecule has 1 unspecified atom stereocenters. The van der Waals surface area contributed by atoms with Gasteiger partial charge in [-0.3, -0.25) is 4.79 Å². The molecule has 0 saturated heterocycles. The number of nitrogens with one attached hydrogen (secondary N) is 1. The lowest BCUT2D eigenvalue weighted by Gasteiger charge is -2.14. The number of benzene rings is 1. The van der Waals surface area contributed by atoms with Gasteiger partial charge in [0, 0.05) is 17.7 Å². The van der Waals surface area contributed by atoms with Crippen LogP contribution in [0.5, 0.6) is 11.5 Å². The molecule has 112 valence electrons. The van der Waals surface area contributed by atoms with Gasteiger partial charge in [-0.1, -0.05) is 6.92 Å². The number of carbonyl (C=O) groups is 1. The van der Waals surface area contributed by atoms with Crippen molar-refractivity contribution in [2.45, 2.75) is 20.0 Å². The van der Waals surface area contributed by atoms with Gasteiger partial charge in [-0.2, -0.15) is 8.78 Å². The Hall–Kier alpha value is -1.89. The normalized spacial score (nSPS) is 12.1. The van der Waals surface area contributed by atoms with E-state index in [9.17, 15) is 13.6 Å². The fourth-order valence-electron chi connectivity index (χ4n) is 1.59. The number of nitrogens with two attached hydrogens (primary N) is 1. The summed E-state index contributed by atoms with van der Waals surface area (Å²) in [6.45, 7) is -0.829. The minimum Gasteiger partial charge on any atom is -0.493 e. The smallest absolute Gasteiger partial charge is 0.387 e. The number of alkyl halides is 2. The maximum absolute atomic E-state index is 12.3. The molecule has 0 heterocycles. The van der Waals surface area contributed by atoms with Gasteiger partial charge >= 0.3 is 6.61 Å². The number of ether oxygens (including phenoxy) is 2. The number of rotatable bonds is 7. The number of carbonyl (C=O) groups excluding carboxylic acids is 1. The summed E-state index contributed by atoms with van der Waals surface area (Å²) < 4.78 is 33.8. The second kappa shape index (κ2) is 7.64. The van der Waals surface area contributed by atoms with E-state index in [4.69, 9.17) is 10.5 Å². The van der Waals surface area contributed by atoms with Crippen molar-refractivity contribution in [3.63, 3.8) is 0 Å². The van der Waals surface area contributed by atoms with Gasteiger partial charge in [0.1, 0.15) is 0 Å². The summed E-state index contributed by atoms with van der Waals surface area (Å²) in [7, 11) is 1.34. The van der Waals surface area contributed by atoms with Crippen LogP contribution < -0.4 is 20.5 Å². The van der Waals surface area contributed by atoms with Crippen molar-refractivity contribution in [1.82, 2.24) is 0 Å². The predicted octanol–water partition coefficient (Wildman–Crippen LogP) is 2.22. The van der Waals surface area contributed by atoms with Crippen LogP contribution in [-0.2, 0) is 4.79 Å². The zero-order valence-corrected chi connectivity index (χ0v) is 11.4. The van der Waals surface area contributed by atoms with Gasteiger partial charge < -0.3 is 20.5 Å². The lowest BCUT2D eigenvalue weighted by Crippen LogP contribution is -2.22. The predicted molar refractivity (Wildman–Crippen MR) is 71.1 cm³/mol. The molecule has 0 aliphatic carbocycles. The number of halogens is 2. The Morgan fingerprint density at radius 2 is 2.10 bits per heavy atom. The molecule has 0 bridgehead atoms. The number of hydrogen-bond donors (Lipinski definition) is 2. The van der Waals surface area contributed by atoms with Crippen molar-refractivity contribution in [2.75, 3.05) is 19.0 Å². The van der Waals surface area contributed by atoms with E-state index in [1.165, 1.54) is 19.2 Å². The lowest BCUT2D eigenvalue weighted by atomic mass is 10.1. The minimum absolute atomic E-state index is 0.133. The van der Waals surface area contributed by atoms with Gasteiger partial charge in [0.15, 0.2) is 11.5 Å². The molecular formula is C13H18F2N2O3. The average molecular weight is 288 g/mol. The van der Waals surface area contributed by atoms with Crippen LogP contribution in [0.2, 0.25) is 0 Å². The van der Waals surface area contributed by atoms with E-state index in [2.05, 4.69) is 10.1 Å². The zero-order valence-electron chi connectivity index (χ0n) is 11.4. The number of amides is 1. The Kier molecular flexibility index (Phi) is 6.17. The van der Waals surface area contributed by atoms with E-state index in [-0.39, 0.29) is 23.3 Å². The fourth-order valence-corrected chi connectivity index (χ4v) is 1.59. The molecule has 0 saturated carbocycles. The first-order valence-corrected chi connectivity index (χ1v) is 6.11. The third-order valence-electron chi connectivity index (χ3n) is 2.69. The highest BCUT2D eigenvalue weighted by Crippen LogP contribution is 2.31. The standard InChI is InChI=1S/C13H18F2N2O3/c1-8(5-6-16)12(18)17-9-3-4-10(19-2)11(7-9)20-13(14)15/h3-4,7-8,13H,5-6,16H2,1-2H3,(H,17,18). The highest BCUT2D eigenvalue weighted by atomic mass is 19.3. The van der Waals surface area contributed by atoms with Crippen molar-refractivity contribution in [3.05, 3.63) is 18.2 Å². The highest BCUT2D eigenvalue weighted by Gasteiger charge is 2.15. The second-order valence-electron chi connectivity index (χ2n) is 4.21.